The zero-order valence-electron chi connectivity index (χ0n) is 16.2. The minimum atomic E-state index is -0.606. The Morgan fingerprint density at radius 2 is 1.97 bits per heavy atom. The summed E-state index contributed by atoms with van der Waals surface area (Å²) in [4.78, 5) is 35.8. The van der Waals surface area contributed by atoms with Crippen LogP contribution in [-0.2, 0) is 14.4 Å². The number of benzene rings is 1. The fraction of sp³-hybridized carbons (Fsp3) is 0.526. The molecule has 11 heteroatoms. The second-order valence-corrected chi connectivity index (χ2v) is 9.67. The van der Waals surface area contributed by atoms with E-state index in [9.17, 15) is 18.8 Å². The minimum Gasteiger partial charge on any atom is -0.484 e. The average Bonchev–Trinajstić information content (AvgIpc) is 3.07. The normalized spacial score (nSPS) is 31.2. The number of amides is 3. The third kappa shape index (κ3) is 4.35. The van der Waals surface area contributed by atoms with Crippen LogP contribution in [0.2, 0.25) is 5.02 Å². The van der Waals surface area contributed by atoms with Crippen LogP contribution in [0.3, 0.4) is 0 Å². The Labute approximate surface area is 182 Å². The van der Waals surface area contributed by atoms with Crippen molar-refractivity contribution in [3.05, 3.63) is 29.0 Å². The number of halogens is 2. The number of rotatable bonds is 7. The molecule has 0 radical (unpaired) electrons. The summed E-state index contributed by atoms with van der Waals surface area (Å²) >= 11 is 7.10. The van der Waals surface area contributed by atoms with E-state index >= 15 is 0 Å². The van der Waals surface area contributed by atoms with Crippen LogP contribution in [-0.4, -0.2) is 52.7 Å². The van der Waals surface area contributed by atoms with E-state index in [1.165, 1.54) is 30.8 Å². The van der Waals surface area contributed by atoms with E-state index in [4.69, 9.17) is 16.3 Å². The Morgan fingerprint density at radius 3 is 2.63 bits per heavy atom. The van der Waals surface area contributed by atoms with E-state index in [2.05, 4.69) is 21.3 Å². The summed E-state index contributed by atoms with van der Waals surface area (Å²) in [5.41, 5.74) is -0.843. The zero-order valence-corrected chi connectivity index (χ0v) is 17.8. The fourth-order valence-electron chi connectivity index (χ4n) is 4.34. The number of ether oxygens (including phenoxy) is 1. The molecule has 0 aromatic heterocycles. The summed E-state index contributed by atoms with van der Waals surface area (Å²) < 4.78 is 18.7. The van der Waals surface area contributed by atoms with Crippen LogP contribution in [0.1, 0.15) is 26.2 Å². The van der Waals surface area contributed by atoms with E-state index in [1.54, 1.807) is 0 Å². The molecule has 1 saturated heterocycles. The molecule has 2 unspecified atom stereocenters. The van der Waals surface area contributed by atoms with Crippen LogP contribution in [0.15, 0.2) is 18.2 Å². The maximum Gasteiger partial charge on any atom is 0.258 e. The first kappa shape index (κ1) is 21.2. The third-order valence-electron chi connectivity index (χ3n) is 5.52. The molecule has 4 fully saturated rings. The lowest BCUT2D eigenvalue weighted by atomic mass is 9.44. The summed E-state index contributed by atoms with van der Waals surface area (Å²) in [5.74, 6) is -0.335. The molecule has 1 aromatic carbocycles. The first-order valence-corrected chi connectivity index (χ1v) is 11.0. The molecule has 2 atom stereocenters. The van der Waals surface area contributed by atoms with Crippen molar-refractivity contribution < 1.29 is 23.5 Å². The molecule has 162 valence electrons. The summed E-state index contributed by atoms with van der Waals surface area (Å²) in [6.07, 6.45) is 2.01. The zero-order chi connectivity index (χ0) is 21.5. The molecule has 1 aromatic rings. The van der Waals surface area contributed by atoms with Crippen molar-refractivity contribution in [2.75, 3.05) is 12.4 Å². The molecule has 5 rings (SSSR count). The van der Waals surface area contributed by atoms with Crippen molar-refractivity contribution in [1.29, 1.82) is 0 Å². The highest BCUT2D eigenvalue weighted by Crippen LogP contribution is 2.60. The number of carbonyl (C=O) groups excluding carboxylic acids is 3. The molecule has 4 N–H and O–H groups in total. The smallest absolute Gasteiger partial charge is 0.258 e. The van der Waals surface area contributed by atoms with Gasteiger partial charge >= 0.3 is 0 Å². The molecular formula is C19H22ClFN4O4S. The summed E-state index contributed by atoms with van der Waals surface area (Å²) in [6.45, 7) is 1.21. The van der Waals surface area contributed by atoms with Crippen LogP contribution in [0, 0.1) is 5.82 Å². The maximum atomic E-state index is 13.4. The summed E-state index contributed by atoms with van der Waals surface area (Å²) in [5, 5.41) is 11.8. The quantitative estimate of drug-likeness (QED) is 0.485. The van der Waals surface area contributed by atoms with Gasteiger partial charge in [-0.25, -0.2) is 4.39 Å². The molecule has 3 amide bonds. The Balaban J connectivity index is 1.18. The van der Waals surface area contributed by atoms with Crippen molar-refractivity contribution in [3.63, 3.8) is 0 Å². The van der Waals surface area contributed by atoms with Gasteiger partial charge in [0.1, 0.15) is 17.1 Å². The van der Waals surface area contributed by atoms with Gasteiger partial charge in [-0.15, -0.1) is 11.8 Å². The van der Waals surface area contributed by atoms with Crippen LogP contribution in [0.5, 0.6) is 5.75 Å². The van der Waals surface area contributed by atoms with E-state index in [0.717, 1.165) is 6.07 Å². The molecular weight excluding hydrogens is 435 g/mol. The van der Waals surface area contributed by atoms with Crippen molar-refractivity contribution in [2.24, 2.45) is 0 Å². The minimum absolute atomic E-state index is 0.00922. The molecule has 1 heterocycles. The lowest BCUT2D eigenvalue weighted by Gasteiger charge is -2.70. The standard InChI is InChI=1S/C19H22ClFN4O4S/c1-10(26)22-17-23-14(6-30-17)16(28)25-19-7-18(8-19,9-19)24-15(27)5-29-11-2-3-12(20)13(21)4-11/h2-4,14,17,23H,5-9H2,1H3,(H,22,26)(H,24,27)(H,25,28). The van der Waals surface area contributed by atoms with Gasteiger partial charge in [-0.3, -0.25) is 19.7 Å². The van der Waals surface area contributed by atoms with Gasteiger partial charge in [-0.05, 0) is 31.4 Å². The SMILES string of the molecule is CC(=O)NC1NC(C(=O)NC23CC(NC(=O)COc4ccc(Cl)c(F)c4)(C2)C3)CS1. The molecule has 2 bridgehead atoms. The second kappa shape index (κ2) is 7.90. The molecule has 0 spiro atoms. The van der Waals surface area contributed by atoms with E-state index < -0.39 is 5.82 Å². The Hall–Kier alpha value is -2.04. The number of carbonyl (C=O) groups is 3. The monoisotopic (exact) mass is 456 g/mol. The first-order chi connectivity index (χ1) is 14.2. The molecule has 30 heavy (non-hydrogen) atoms. The molecule has 3 aliphatic carbocycles. The lowest BCUT2D eigenvalue weighted by Crippen LogP contribution is -2.84. The van der Waals surface area contributed by atoms with Crippen LogP contribution < -0.4 is 26.0 Å². The van der Waals surface area contributed by atoms with Gasteiger partial charge in [-0.1, -0.05) is 11.6 Å². The van der Waals surface area contributed by atoms with Crippen molar-refractivity contribution >= 4 is 41.1 Å². The predicted molar refractivity (Wildman–Crippen MR) is 109 cm³/mol. The summed E-state index contributed by atoms with van der Waals surface area (Å²) in [7, 11) is 0. The van der Waals surface area contributed by atoms with Gasteiger partial charge < -0.3 is 20.7 Å². The van der Waals surface area contributed by atoms with E-state index in [1.807, 2.05) is 0 Å². The van der Waals surface area contributed by atoms with Crippen molar-refractivity contribution in [3.8, 4) is 5.75 Å². The first-order valence-electron chi connectivity index (χ1n) is 9.53. The summed E-state index contributed by atoms with van der Waals surface area (Å²) in [6, 6.07) is 3.64. The van der Waals surface area contributed by atoms with Crippen LogP contribution >= 0.6 is 23.4 Å². The van der Waals surface area contributed by atoms with Gasteiger partial charge in [0.05, 0.1) is 11.1 Å². The number of hydrogen-bond acceptors (Lipinski definition) is 6. The highest BCUT2D eigenvalue weighted by atomic mass is 35.5. The predicted octanol–water partition coefficient (Wildman–Crippen LogP) is 0.890. The molecule has 8 nitrogen and oxygen atoms in total. The van der Waals surface area contributed by atoms with Gasteiger partial charge in [0.15, 0.2) is 6.61 Å². The highest BCUT2D eigenvalue weighted by Gasteiger charge is 2.69. The second-order valence-electron chi connectivity index (χ2n) is 8.13. The van der Waals surface area contributed by atoms with Crippen LogP contribution in [0.4, 0.5) is 4.39 Å². The van der Waals surface area contributed by atoms with Crippen LogP contribution in [0.25, 0.3) is 0 Å². The topological polar surface area (TPSA) is 109 Å². The Bertz CT molecular complexity index is 882. The lowest BCUT2D eigenvalue weighted by molar-refractivity contribution is -0.151. The highest BCUT2D eigenvalue weighted by molar-refractivity contribution is 8.00. The Morgan fingerprint density at radius 1 is 1.27 bits per heavy atom. The van der Waals surface area contributed by atoms with Gasteiger partial charge in [0.2, 0.25) is 11.8 Å². The number of nitrogens with one attached hydrogen (secondary N) is 4. The largest absolute Gasteiger partial charge is 0.484 e. The number of hydrogen-bond donors (Lipinski definition) is 4. The maximum absolute atomic E-state index is 13.4. The van der Waals surface area contributed by atoms with Gasteiger partial charge in [-0.2, -0.15) is 0 Å². The molecule has 1 aliphatic heterocycles. The molecule has 3 saturated carbocycles. The number of thioether (sulfide) groups is 1. The van der Waals surface area contributed by atoms with Crippen molar-refractivity contribution in [1.82, 2.24) is 21.3 Å². The Kier molecular flexibility index (Phi) is 5.58. The van der Waals surface area contributed by atoms with Crippen molar-refractivity contribution in [2.45, 2.75) is 48.8 Å². The van der Waals surface area contributed by atoms with Gasteiger partial charge in [0.25, 0.3) is 5.91 Å². The van der Waals surface area contributed by atoms with Gasteiger partial charge in [0, 0.05) is 29.8 Å². The average molecular weight is 457 g/mol. The third-order valence-corrected chi connectivity index (χ3v) is 6.94. The molecule has 4 aliphatic rings. The van der Waals surface area contributed by atoms with E-state index in [-0.39, 0.29) is 57.7 Å². The van der Waals surface area contributed by atoms with E-state index in [0.29, 0.717) is 25.0 Å². The fourth-order valence-corrected chi connectivity index (χ4v) is 5.60.